The molecule has 1 aromatic carbocycles. The van der Waals surface area contributed by atoms with Crippen LogP contribution in [0.3, 0.4) is 0 Å². The van der Waals surface area contributed by atoms with Crippen LogP contribution >= 0.6 is 0 Å². The molecule has 1 aliphatic heterocycles. The van der Waals surface area contributed by atoms with Crippen LogP contribution in [0.4, 0.5) is 0 Å². The molecule has 11 heteroatoms. The molecule has 1 aromatic rings. The first-order valence-corrected chi connectivity index (χ1v) is 20.5. The monoisotopic (exact) mass is 694 g/mol. The van der Waals surface area contributed by atoms with Gasteiger partial charge in [-0.25, -0.2) is 0 Å². The van der Waals surface area contributed by atoms with Crippen molar-refractivity contribution in [3.63, 3.8) is 0 Å². The Bertz CT molecular complexity index is 1690. The largest absolute Gasteiger partial charge is 0.446 e. The molecule has 5 aliphatic carbocycles. The fourth-order valence-electron chi connectivity index (χ4n) is 13.5. The van der Waals surface area contributed by atoms with Crippen LogP contribution in [-0.2, 0) is 37.4 Å². The van der Waals surface area contributed by atoms with Crippen molar-refractivity contribution in [3.05, 3.63) is 23.3 Å². The third kappa shape index (κ3) is 4.97. The van der Waals surface area contributed by atoms with Crippen LogP contribution in [0, 0.1) is 45.3 Å². The quantitative estimate of drug-likeness (QED) is 0.295. The predicted molar refractivity (Wildman–Crippen MR) is 178 cm³/mol. The van der Waals surface area contributed by atoms with Gasteiger partial charge in [0.2, 0.25) is 0 Å². The molecule has 6 aliphatic rings. The van der Waals surface area contributed by atoms with Gasteiger partial charge in [-0.1, -0.05) is 48.0 Å². The molecule has 0 spiro atoms. The summed E-state index contributed by atoms with van der Waals surface area (Å²) in [6.07, 6.45) is 12.8. The highest BCUT2D eigenvalue weighted by Crippen LogP contribution is 2.74. The Morgan fingerprint density at radius 2 is 1.32 bits per heavy atom. The molecule has 0 bridgehead atoms. The first kappa shape index (κ1) is 34.1. The molecular formula is C36H54O9S2. The summed E-state index contributed by atoms with van der Waals surface area (Å²) in [5.74, 6) is 1.51. The van der Waals surface area contributed by atoms with Crippen LogP contribution < -0.4 is 8.37 Å². The van der Waals surface area contributed by atoms with Gasteiger partial charge in [-0.05, 0) is 135 Å². The molecule has 0 unspecified atom stereocenters. The summed E-state index contributed by atoms with van der Waals surface area (Å²) in [4.78, 5) is 0. The van der Waals surface area contributed by atoms with E-state index in [0.29, 0.717) is 35.3 Å². The Labute approximate surface area is 281 Å². The molecule has 7 rings (SSSR count). The van der Waals surface area contributed by atoms with Crippen LogP contribution in [0.1, 0.15) is 130 Å². The second-order valence-corrected chi connectivity index (χ2v) is 20.2. The van der Waals surface area contributed by atoms with E-state index in [-0.39, 0.29) is 50.8 Å². The van der Waals surface area contributed by atoms with Crippen LogP contribution in [0.15, 0.2) is 12.1 Å². The highest BCUT2D eigenvalue weighted by Gasteiger charge is 2.69. The minimum atomic E-state index is -4.83. The fourth-order valence-corrected chi connectivity index (χ4v) is 14.2. The standard InChI is InChI=1S/C36H54O9S2/c1-31(2)15-8-16-36(7)27(31)13-19-35(6)29(43-36)14-20-34(35,5)24-12-17-32(3)23(24)11-18-33(4)28(32)21-22-25(44-46(37,38)39)9-10-26(30(22)33)45-47(40,41)42/h9-10,23-24,27-29H,8,11-21H2,1-7H3,(H,37,38,39)(H,40,41,42)/t23-,24+,27-,28-,29+,32+,33+,34+,35+,36+/m1/s1. The molecular weight excluding hydrogens is 641 g/mol. The Morgan fingerprint density at radius 1 is 0.702 bits per heavy atom. The lowest BCUT2D eigenvalue weighted by Crippen LogP contribution is -2.52. The molecule has 1 saturated heterocycles. The van der Waals surface area contributed by atoms with Gasteiger partial charge < -0.3 is 13.1 Å². The number of benzene rings is 1. The summed E-state index contributed by atoms with van der Waals surface area (Å²) < 4.78 is 84.2. The minimum Gasteiger partial charge on any atom is -0.371 e. The summed E-state index contributed by atoms with van der Waals surface area (Å²) in [7, 11) is -9.65. The van der Waals surface area contributed by atoms with Crippen molar-refractivity contribution in [1.82, 2.24) is 0 Å². The molecule has 264 valence electrons. The van der Waals surface area contributed by atoms with Crippen molar-refractivity contribution < 1.29 is 39.0 Å². The first-order valence-electron chi connectivity index (χ1n) is 17.7. The Kier molecular flexibility index (Phi) is 7.49. The molecule has 9 nitrogen and oxygen atoms in total. The average Bonchev–Trinajstić information content (AvgIpc) is 3.49. The average molecular weight is 695 g/mol. The zero-order valence-electron chi connectivity index (χ0n) is 29.1. The zero-order valence-corrected chi connectivity index (χ0v) is 30.7. The van der Waals surface area contributed by atoms with E-state index in [2.05, 4.69) is 48.5 Å². The van der Waals surface area contributed by atoms with E-state index in [4.69, 9.17) is 13.1 Å². The van der Waals surface area contributed by atoms with E-state index in [1.807, 2.05) is 0 Å². The van der Waals surface area contributed by atoms with Gasteiger partial charge >= 0.3 is 20.8 Å². The lowest BCUT2D eigenvalue weighted by molar-refractivity contribution is -0.179. The van der Waals surface area contributed by atoms with Gasteiger partial charge in [-0.3, -0.25) is 9.11 Å². The molecule has 5 fully saturated rings. The van der Waals surface area contributed by atoms with Gasteiger partial charge in [0.25, 0.3) is 0 Å². The molecule has 2 N–H and O–H groups in total. The molecule has 47 heavy (non-hydrogen) atoms. The molecule has 10 atom stereocenters. The van der Waals surface area contributed by atoms with Crippen LogP contribution in [-0.4, -0.2) is 37.6 Å². The third-order valence-electron chi connectivity index (χ3n) is 15.8. The maximum Gasteiger partial charge on any atom is 0.446 e. The van der Waals surface area contributed by atoms with Crippen molar-refractivity contribution in [3.8, 4) is 11.5 Å². The van der Waals surface area contributed by atoms with Crippen LogP contribution in [0.25, 0.3) is 0 Å². The van der Waals surface area contributed by atoms with Gasteiger partial charge in [0.15, 0.2) is 0 Å². The fraction of sp³-hybridized carbons (Fsp3) is 0.833. The second kappa shape index (κ2) is 10.3. The van der Waals surface area contributed by atoms with Gasteiger partial charge in [-0.15, -0.1) is 0 Å². The van der Waals surface area contributed by atoms with E-state index in [9.17, 15) is 25.9 Å². The smallest absolute Gasteiger partial charge is 0.371 e. The second-order valence-electron chi connectivity index (χ2n) is 18.1. The Balaban J connectivity index is 1.24. The van der Waals surface area contributed by atoms with Crippen LogP contribution in [0.5, 0.6) is 11.5 Å². The maximum absolute atomic E-state index is 11.9. The van der Waals surface area contributed by atoms with Crippen molar-refractivity contribution in [1.29, 1.82) is 0 Å². The van der Waals surface area contributed by atoms with E-state index >= 15 is 0 Å². The zero-order chi connectivity index (χ0) is 34.2. The predicted octanol–water partition coefficient (Wildman–Crippen LogP) is 7.88. The van der Waals surface area contributed by atoms with Crippen LogP contribution in [0.2, 0.25) is 0 Å². The Morgan fingerprint density at radius 3 is 2.00 bits per heavy atom. The van der Waals surface area contributed by atoms with E-state index in [1.165, 1.54) is 37.8 Å². The lowest BCUT2D eigenvalue weighted by atomic mass is 9.48. The van der Waals surface area contributed by atoms with Gasteiger partial charge in [-0.2, -0.15) is 16.8 Å². The topological polar surface area (TPSA) is 136 Å². The summed E-state index contributed by atoms with van der Waals surface area (Å²) in [6.45, 7) is 16.9. The van der Waals surface area contributed by atoms with Gasteiger partial charge in [0.1, 0.15) is 11.5 Å². The summed E-state index contributed by atoms with van der Waals surface area (Å²) in [5, 5.41) is 0. The summed E-state index contributed by atoms with van der Waals surface area (Å²) >= 11 is 0. The van der Waals surface area contributed by atoms with Crippen molar-refractivity contribution in [2.24, 2.45) is 45.3 Å². The highest BCUT2D eigenvalue weighted by atomic mass is 32.3. The lowest BCUT2D eigenvalue weighted by Gasteiger charge is -2.56. The van der Waals surface area contributed by atoms with E-state index in [1.54, 1.807) is 0 Å². The third-order valence-corrected chi connectivity index (χ3v) is 16.5. The number of rotatable bonds is 5. The highest BCUT2D eigenvalue weighted by molar-refractivity contribution is 7.81. The molecule has 1 heterocycles. The minimum absolute atomic E-state index is 0.0154. The molecule has 4 saturated carbocycles. The van der Waals surface area contributed by atoms with Gasteiger partial charge in [0.05, 0.1) is 11.7 Å². The summed E-state index contributed by atoms with van der Waals surface area (Å²) in [6, 6.07) is 2.62. The summed E-state index contributed by atoms with van der Waals surface area (Å²) in [5.41, 5.74) is 0.787. The van der Waals surface area contributed by atoms with E-state index in [0.717, 1.165) is 44.9 Å². The first-order chi connectivity index (χ1) is 21.6. The molecule has 0 radical (unpaired) electrons. The van der Waals surface area contributed by atoms with Crippen molar-refractivity contribution in [2.75, 3.05) is 0 Å². The van der Waals surface area contributed by atoms with Crippen molar-refractivity contribution in [2.45, 2.75) is 143 Å². The number of hydrogen-bond donors (Lipinski definition) is 2. The molecule has 0 aromatic heterocycles. The number of fused-ring (bicyclic) bond motifs is 7. The van der Waals surface area contributed by atoms with E-state index < -0.39 is 26.2 Å². The van der Waals surface area contributed by atoms with Gasteiger partial charge in [0, 0.05) is 16.5 Å². The maximum atomic E-state index is 11.9. The number of ether oxygens (including phenoxy) is 1. The SMILES string of the molecule is CC1(C)CCC[C@]2(C)O[C@H]3CC[C@@](C)([C@H]4CC[C@@]5(C)[C@@H]4CC[C@]4(C)c6c(OS(=O)(=O)O)ccc(OS(=O)(=O)O)c6C[C@H]54)[C@@]3(C)CC[C@H]12. The molecule has 0 amide bonds. The van der Waals surface area contributed by atoms with Crippen molar-refractivity contribution >= 4 is 20.8 Å². The normalized spacial score (nSPS) is 45.6. The Hall–Kier alpha value is -1.40. The number of hydrogen-bond acceptors (Lipinski definition) is 7.